The third kappa shape index (κ3) is 3.82. The molecule has 1 saturated heterocycles. The van der Waals surface area contributed by atoms with E-state index in [9.17, 15) is 13.2 Å². The van der Waals surface area contributed by atoms with Crippen molar-refractivity contribution in [3.8, 4) is 11.8 Å². The Morgan fingerprint density at radius 1 is 1.13 bits per heavy atom. The Labute approximate surface area is 174 Å². The monoisotopic (exact) mass is 424 g/mol. The molecule has 0 radical (unpaired) electrons. The van der Waals surface area contributed by atoms with Crippen LogP contribution in [0.5, 0.6) is 5.75 Å². The van der Waals surface area contributed by atoms with Crippen molar-refractivity contribution in [1.82, 2.24) is 3.97 Å². The van der Waals surface area contributed by atoms with Gasteiger partial charge in [0.15, 0.2) is 5.78 Å². The molecule has 4 rings (SSSR count). The Morgan fingerprint density at radius 2 is 1.87 bits per heavy atom. The summed E-state index contributed by atoms with van der Waals surface area (Å²) in [7, 11) is -4.06. The Hall–Kier alpha value is -3.15. The Balaban J connectivity index is 1.86. The van der Waals surface area contributed by atoms with Crippen molar-refractivity contribution >= 4 is 26.7 Å². The third-order valence-electron chi connectivity index (χ3n) is 5.01. The quantitative estimate of drug-likeness (QED) is 0.562. The van der Waals surface area contributed by atoms with Crippen molar-refractivity contribution in [2.75, 3.05) is 13.2 Å². The molecule has 1 aliphatic rings. The average molecular weight is 424 g/mol. The highest BCUT2D eigenvalue weighted by molar-refractivity contribution is 7.90. The zero-order valence-electron chi connectivity index (χ0n) is 16.2. The lowest BCUT2D eigenvalue weighted by atomic mass is 10.1. The van der Waals surface area contributed by atoms with Crippen molar-refractivity contribution in [3.63, 3.8) is 0 Å². The molecule has 0 amide bonds. The van der Waals surface area contributed by atoms with E-state index in [2.05, 4.69) is 0 Å². The largest absolute Gasteiger partial charge is 0.490 e. The van der Waals surface area contributed by atoms with Gasteiger partial charge >= 0.3 is 0 Å². The van der Waals surface area contributed by atoms with Crippen LogP contribution in [0.1, 0.15) is 29.8 Å². The second-order valence-electron chi connectivity index (χ2n) is 7.02. The first-order chi connectivity index (χ1) is 14.5. The van der Waals surface area contributed by atoms with E-state index in [1.807, 2.05) is 0 Å². The maximum atomic E-state index is 13.4. The Bertz CT molecular complexity index is 1220. The first-order valence-electron chi connectivity index (χ1n) is 9.61. The fourth-order valence-corrected chi connectivity index (χ4v) is 5.07. The van der Waals surface area contributed by atoms with Gasteiger partial charge in [0.1, 0.15) is 24.0 Å². The molecule has 0 atom stereocenters. The molecule has 2 aromatic carbocycles. The normalized spacial score (nSPS) is 15.0. The van der Waals surface area contributed by atoms with Crippen molar-refractivity contribution in [1.29, 1.82) is 5.26 Å². The van der Waals surface area contributed by atoms with Crippen LogP contribution in [0.25, 0.3) is 10.9 Å². The van der Waals surface area contributed by atoms with E-state index in [1.165, 1.54) is 18.2 Å². The van der Waals surface area contributed by atoms with Crippen molar-refractivity contribution < 1.29 is 22.7 Å². The second-order valence-corrected chi connectivity index (χ2v) is 8.81. The molecule has 3 aromatic rings. The minimum absolute atomic E-state index is 0.00923. The highest BCUT2D eigenvalue weighted by Crippen LogP contribution is 2.30. The van der Waals surface area contributed by atoms with Crippen molar-refractivity contribution in [2.24, 2.45) is 0 Å². The van der Waals surface area contributed by atoms with Crippen LogP contribution in [-0.2, 0) is 14.8 Å². The lowest BCUT2D eigenvalue weighted by Gasteiger charge is -2.23. The molecule has 0 saturated carbocycles. The van der Waals surface area contributed by atoms with Crippen LogP contribution in [0, 0.1) is 11.3 Å². The van der Waals surface area contributed by atoms with Gasteiger partial charge in [0.2, 0.25) is 0 Å². The van der Waals surface area contributed by atoms with E-state index >= 15 is 0 Å². The van der Waals surface area contributed by atoms with Gasteiger partial charge in [-0.15, -0.1) is 0 Å². The van der Waals surface area contributed by atoms with Crippen LogP contribution in [0.3, 0.4) is 0 Å². The SMILES string of the molecule is N#CCC(=O)c1cc2ccc(OC3CCOCC3)cc2n1S(=O)(=O)c1ccccc1. The van der Waals surface area contributed by atoms with E-state index in [0.29, 0.717) is 29.9 Å². The first kappa shape index (κ1) is 20.1. The third-order valence-corrected chi connectivity index (χ3v) is 6.75. The number of ether oxygens (including phenoxy) is 2. The van der Waals surface area contributed by atoms with E-state index in [1.54, 1.807) is 42.5 Å². The first-order valence-corrected chi connectivity index (χ1v) is 11.1. The van der Waals surface area contributed by atoms with E-state index in [-0.39, 0.29) is 16.7 Å². The minimum atomic E-state index is -4.06. The van der Waals surface area contributed by atoms with Crippen LogP contribution in [0.4, 0.5) is 0 Å². The number of nitrogens with zero attached hydrogens (tertiary/aromatic N) is 2. The molecule has 1 aliphatic heterocycles. The summed E-state index contributed by atoms with van der Waals surface area (Å²) < 4.78 is 39.2. The molecule has 154 valence electrons. The molecule has 0 aliphatic carbocycles. The van der Waals surface area contributed by atoms with E-state index in [0.717, 1.165) is 16.8 Å². The van der Waals surface area contributed by atoms with Gasteiger partial charge in [-0.1, -0.05) is 18.2 Å². The number of hydrogen-bond donors (Lipinski definition) is 0. The summed E-state index contributed by atoms with van der Waals surface area (Å²) in [5.74, 6) is -0.0311. The number of nitriles is 1. The Kier molecular flexibility index (Phi) is 5.57. The number of aromatic nitrogens is 1. The highest BCUT2D eigenvalue weighted by Gasteiger charge is 2.27. The maximum Gasteiger partial charge on any atom is 0.268 e. The predicted molar refractivity (Wildman–Crippen MR) is 110 cm³/mol. The molecular weight excluding hydrogens is 404 g/mol. The van der Waals surface area contributed by atoms with E-state index in [4.69, 9.17) is 14.7 Å². The highest BCUT2D eigenvalue weighted by atomic mass is 32.2. The fraction of sp³-hybridized carbons (Fsp3) is 0.273. The number of hydrogen-bond acceptors (Lipinski definition) is 6. The molecule has 1 aromatic heterocycles. The summed E-state index contributed by atoms with van der Waals surface area (Å²) in [4.78, 5) is 12.6. The average Bonchev–Trinajstić information content (AvgIpc) is 3.15. The van der Waals surface area contributed by atoms with Crippen LogP contribution in [0.15, 0.2) is 59.5 Å². The molecular formula is C22H20N2O5S. The molecule has 30 heavy (non-hydrogen) atoms. The lowest BCUT2D eigenvalue weighted by molar-refractivity contribution is 0.0256. The summed E-state index contributed by atoms with van der Waals surface area (Å²) in [6, 6.07) is 16.3. The van der Waals surface area contributed by atoms with Crippen LogP contribution in [-0.4, -0.2) is 37.5 Å². The summed E-state index contributed by atoms with van der Waals surface area (Å²) in [6.45, 7) is 1.25. The molecule has 0 unspecified atom stereocenters. The molecule has 7 nitrogen and oxygen atoms in total. The number of fused-ring (bicyclic) bond motifs is 1. The molecule has 1 fully saturated rings. The molecule has 2 heterocycles. The molecule has 0 N–H and O–H groups in total. The fourth-order valence-electron chi connectivity index (χ4n) is 3.53. The second kappa shape index (κ2) is 8.30. The smallest absolute Gasteiger partial charge is 0.268 e. The number of ketones is 1. The Morgan fingerprint density at radius 3 is 2.57 bits per heavy atom. The lowest BCUT2D eigenvalue weighted by Crippen LogP contribution is -2.25. The molecule has 0 bridgehead atoms. The van der Waals surface area contributed by atoms with E-state index < -0.39 is 22.2 Å². The summed E-state index contributed by atoms with van der Waals surface area (Å²) >= 11 is 0. The standard InChI is InChI=1S/C22H20N2O5S/c23-11-8-22(25)21-14-16-6-7-18(29-17-9-12-28-13-10-17)15-20(16)24(21)30(26,27)19-4-2-1-3-5-19/h1-7,14-15,17H,8-10,12-13H2. The van der Waals surface area contributed by atoms with Gasteiger partial charge in [-0.2, -0.15) is 5.26 Å². The summed E-state index contributed by atoms with van der Waals surface area (Å²) in [5.41, 5.74) is 0.295. The number of carbonyl (C=O) groups excluding carboxylic acids is 1. The van der Waals surface area contributed by atoms with Crippen molar-refractivity contribution in [3.05, 3.63) is 60.3 Å². The van der Waals surface area contributed by atoms with Gasteiger partial charge in [0, 0.05) is 24.3 Å². The summed E-state index contributed by atoms with van der Waals surface area (Å²) in [6.07, 6.45) is 1.09. The topological polar surface area (TPSA) is 98.4 Å². The zero-order valence-corrected chi connectivity index (χ0v) is 17.0. The van der Waals surface area contributed by atoms with Crippen LogP contribution < -0.4 is 4.74 Å². The summed E-state index contributed by atoms with van der Waals surface area (Å²) in [5, 5.41) is 9.53. The van der Waals surface area contributed by atoms with Gasteiger partial charge < -0.3 is 9.47 Å². The molecule has 8 heteroatoms. The predicted octanol–water partition coefficient (Wildman–Crippen LogP) is 3.53. The molecule has 0 spiro atoms. The van der Waals surface area contributed by atoms with Gasteiger partial charge in [-0.05, 0) is 30.3 Å². The zero-order chi connectivity index (χ0) is 21.1. The number of carbonyl (C=O) groups is 1. The number of Topliss-reactive ketones (excluding diaryl/α,β-unsaturated/α-hetero) is 1. The van der Waals surface area contributed by atoms with Crippen LogP contribution in [0.2, 0.25) is 0 Å². The minimum Gasteiger partial charge on any atom is -0.490 e. The van der Waals surface area contributed by atoms with Crippen LogP contribution >= 0.6 is 0 Å². The van der Waals surface area contributed by atoms with Gasteiger partial charge in [-0.25, -0.2) is 12.4 Å². The van der Waals surface area contributed by atoms with Gasteiger partial charge in [0.25, 0.3) is 10.0 Å². The number of benzene rings is 2. The van der Waals surface area contributed by atoms with Gasteiger partial charge in [-0.3, -0.25) is 4.79 Å². The van der Waals surface area contributed by atoms with Crippen molar-refractivity contribution in [2.45, 2.75) is 30.3 Å². The number of rotatable bonds is 6. The maximum absolute atomic E-state index is 13.4. The van der Waals surface area contributed by atoms with Gasteiger partial charge in [0.05, 0.1) is 29.7 Å².